The van der Waals surface area contributed by atoms with Gasteiger partial charge in [-0.3, -0.25) is 4.99 Å². The third-order valence-corrected chi connectivity index (χ3v) is 4.92. The molecule has 1 saturated heterocycles. The molecule has 0 spiro atoms. The number of nitrogens with zero attached hydrogens (tertiary/aromatic N) is 4. The van der Waals surface area contributed by atoms with Crippen molar-refractivity contribution < 1.29 is 0 Å². The Labute approximate surface area is 127 Å². The number of nitrogens with one attached hydrogen (secondary N) is 1. The largest absolute Gasteiger partial charge is 0.356 e. The van der Waals surface area contributed by atoms with Crippen LogP contribution in [0.2, 0.25) is 0 Å². The first kappa shape index (κ1) is 14.4. The number of likely N-dealkylation sites (tertiary alicyclic amines) is 1. The van der Waals surface area contributed by atoms with E-state index in [1.165, 1.54) is 38.8 Å². The predicted octanol–water partition coefficient (Wildman–Crippen LogP) is 1.97. The van der Waals surface area contributed by atoms with Gasteiger partial charge in [-0.15, -0.1) is 0 Å². The van der Waals surface area contributed by atoms with E-state index in [0.29, 0.717) is 0 Å². The van der Waals surface area contributed by atoms with Crippen LogP contribution in [0.25, 0.3) is 0 Å². The molecule has 0 bridgehead atoms. The van der Waals surface area contributed by atoms with E-state index in [1.54, 1.807) is 0 Å². The number of aliphatic imine (C=N–C) groups is 1. The summed E-state index contributed by atoms with van der Waals surface area (Å²) in [5.41, 5.74) is 0. The van der Waals surface area contributed by atoms with Gasteiger partial charge in [-0.1, -0.05) is 12.8 Å². The molecule has 5 nitrogen and oxygen atoms in total. The fourth-order valence-electron chi connectivity index (χ4n) is 3.79. The molecule has 2 fully saturated rings. The zero-order valence-electron chi connectivity index (χ0n) is 13.0. The molecule has 2 unspecified atom stereocenters. The van der Waals surface area contributed by atoms with Crippen LogP contribution in [0.1, 0.15) is 32.1 Å². The Kier molecular flexibility index (Phi) is 4.78. The molecule has 116 valence electrons. The molecule has 2 atom stereocenters. The first-order valence-corrected chi connectivity index (χ1v) is 8.28. The second kappa shape index (κ2) is 6.96. The molecule has 2 heterocycles. The maximum Gasteiger partial charge on any atom is 0.193 e. The molecule has 1 saturated carbocycles. The lowest BCUT2D eigenvalue weighted by Crippen LogP contribution is -2.40. The maximum absolute atomic E-state index is 4.47. The van der Waals surface area contributed by atoms with E-state index in [4.69, 9.17) is 0 Å². The lowest BCUT2D eigenvalue weighted by molar-refractivity contribution is 0.299. The first-order valence-electron chi connectivity index (χ1n) is 8.28. The third-order valence-electron chi connectivity index (χ3n) is 4.92. The van der Waals surface area contributed by atoms with Gasteiger partial charge in [-0.05, 0) is 31.1 Å². The Hall–Kier alpha value is -1.52. The quantitative estimate of drug-likeness (QED) is 0.524. The summed E-state index contributed by atoms with van der Waals surface area (Å²) in [4.78, 5) is 11.0. The summed E-state index contributed by atoms with van der Waals surface area (Å²) >= 11 is 0. The van der Waals surface area contributed by atoms with Crippen LogP contribution in [-0.2, 0) is 6.54 Å². The molecule has 1 aliphatic carbocycles. The molecule has 0 amide bonds. The van der Waals surface area contributed by atoms with Crippen LogP contribution in [-0.4, -0.2) is 47.1 Å². The van der Waals surface area contributed by atoms with Gasteiger partial charge in [0.05, 0.1) is 6.33 Å². The number of rotatable bonds is 4. The first-order chi connectivity index (χ1) is 10.4. The number of imidazole rings is 1. The van der Waals surface area contributed by atoms with Gasteiger partial charge >= 0.3 is 0 Å². The van der Waals surface area contributed by atoms with Crippen LogP contribution in [0.15, 0.2) is 23.7 Å². The van der Waals surface area contributed by atoms with E-state index >= 15 is 0 Å². The molecule has 1 N–H and O–H groups in total. The van der Waals surface area contributed by atoms with Gasteiger partial charge in [-0.25, -0.2) is 4.98 Å². The van der Waals surface area contributed by atoms with Gasteiger partial charge in [0, 0.05) is 45.6 Å². The van der Waals surface area contributed by atoms with Crippen molar-refractivity contribution in [2.45, 2.75) is 38.6 Å². The van der Waals surface area contributed by atoms with E-state index in [1.807, 2.05) is 25.8 Å². The average molecular weight is 289 g/mol. The summed E-state index contributed by atoms with van der Waals surface area (Å²) < 4.78 is 2.12. The summed E-state index contributed by atoms with van der Waals surface area (Å²) in [7, 11) is 1.90. The lowest BCUT2D eigenvalue weighted by atomic mass is 9.82. The Morgan fingerprint density at radius 3 is 2.67 bits per heavy atom. The molecular formula is C16H27N5. The molecule has 1 aliphatic heterocycles. The number of hydrogen-bond donors (Lipinski definition) is 1. The van der Waals surface area contributed by atoms with Crippen LogP contribution < -0.4 is 5.32 Å². The van der Waals surface area contributed by atoms with Crippen molar-refractivity contribution in [3.63, 3.8) is 0 Å². The van der Waals surface area contributed by atoms with E-state index in [9.17, 15) is 0 Å². The van der Waals surface area contributed by atoms with Gasteiger partial charge in [-0.2, -0.15) is 0 Å². The van der Waals surface area contributed by atoms with Gasteiger partial charge in [0.1, 0.15) is 0 Å². The molecule has 3 rings (SSSR count). The number of guanidine groups is 1. The van der Waals surface area contributed by atoms with Crippen molar-refractivity contribution in [1.29, 1.82) is 0 Å². The Morgan fingerprint density at radius 2 is 2.05 bits per heavy atom. The standard InChI is InChI=1S/C16H27N5/c1-17-16(19-7-4-9-20-10-8-18-13-20)21-11-14-5-2-3-6-15(14)12-21/h8,10,13-15H,2-7,9,11-12H2,1H3,(H,17,19). The fraction of sp³-hybridized carbons (Fsp3) is 0.750. The fourth-order valence-corrected chi connectivity index (χ4v) is 3.79. The second-order valence-corrected chi connectivity index (χ2v) is 6.34. The van der Waals surface area contributed by atoms with Crippen LogP contribution >= 0.6 is 0 Å². The van der Waals surface area contributed by atoms with E-state index in [-0.39, 0.29) is 0 Å². The third kappa shape index (κ3) is 3.57. The predicted molar refractivity (Wildman–Crippen MR) is 85.2 cm³/mol. The van der Waals surface area contributed by atoms with Crippen molar-refractivity contribution in [2.24, 2.45) is 16.8 Å². The van der Waals surface area contributed by atoms with Crippen LogP contribution in [0.4, 0.5) is 0 Å². The minimum Gasteiger partial charge on any atom is -0.356 e. The summed E-state index contributed by atoms with van der Waals surface area (Å²) in [5, 5.41) is 3.53. The van der Waals surface area contributed by atoms with Gasteiger partial charge in [0.2, 0.25) is 0 Å². The summed E-state index contributed by atoms with van der Waals surface area (Å²) in [6.07, 6.45) is 12.5. The Balaban J connectivity index is 1.43. The molecule has 2 aliphatic rings. The summed E-state index contributed by atoms with van der Waals surface area (Å²) in [5.74, 6) is 2.90. The normalized spacial score (nSPS) is 26.0. The van der Waals surface area contributed by atoms with E-state index < -0.39 is 0 Å². The van der Waals surface area contributed by atoms with Crippen LogP contribution in [0.3, 0.4) is 0 Å². The number of hydrogen-bond acceptors (Lipinski definition) is 2. The van der Waals surface area contributed by atoms with Crippen molar-refractivity contribution in [3.8, 4) is 0 Å². The molecule has 0 aromatic carbocycles. The lowest BCUT2D eigenvalue weighted by Gasteiger charge is -2.22. The molecule has 1 aromatic heterocycles. The smallest absolute Gasteiger partial charge is 0.193 e. The molecule has 1 aromatic rings. The molecular weight excluding hydrogens is 262 g/mol. The SMILES string of the molecule is CN=C(NCCCn1ccnc1)N1CC2CCCCC2C1. The van der Waals surface area contributed by atoms with Crippen LogP contribution in [0.5, 0.6) is 0 Å². The van der Waals surface area contributed by atoms with Crippen LogP contribution in [0, 0.1) is 11.8 Å². The highest BCUT2D eigenvalue weighted by molar-refractivity contribution is 5.80. The number of aryl methyl sites for hydroxylation is 1. The van der Waals surface area contributed by atoms with Crippen molar-refractivity contribution in [2.75, 3.05) is 26.7 Å². The average Bonchev–Trinajstić information content (AvgIpc) is 3.16. The molecule has 21 heavy (non-hydrogen) atoms. The van der Waals surface area contributed by atoms with E-state index in [0.717, 1.165) is 37.3 Å². The zero-order chi connectivity index (χ0) is 14.5. The number of aromatic nitrogens is 2. The van der Waals surface area contributed by atoms with Crippen molar-refractivity contribution in [3.05, 3.63) is 18.7 Å². The van der Waals surface area contributed by atoms with Gasteiger partial charge in [0.25, 0.3) is 0 Å². The summed E-state index contributed by atoms with van der Waals surface area (Å²) in [6, 6.07) is 0. The topological polar surface area (TPSA) is 45.5 Å². The minimum absolute atomic E-state index is 0.906. The molecule has 5 heteroatoms. The number of fused-ring (bicyclic) bond motifs is 1. The van der Waals surface area contributed by atoms with Gasteiger partial charge < -0.3 is 14.8 Å². The monoisotopic (exact) mass is 289 g/mol. The van der Waals surface area contributed by atoms with Gasteiger partial charge in [0.15, 0.2) is 5.96 Å². The van der Waals surface area contributed by atoms with E-state index in [2.05, 4.69) is 24.8 Å². The highest BCUT2D eigenvalue weighted by atomic mass is 15.3. The minimum atomic E-state index is 0.906. The maximum atomic E-state index is 4.47. The van der Waals surface area contributed by atoms with Crippen molar-refractivity contribution >= 4 is 5.96 Å². The highest BCUT2D eigenvalue weighted by Gasteiger charge is 2.35. The Morgan fingerprint density at radius 1 is 1.29 bits per heavy atom. The second-order valence-electron chi connectivity index (χ2n) is 6.34. The highest BCUT2D eigenvalue weighted by Crippen LogP contribution is 2.35. The van der Waals surface area contributed by atoms with Crippen molar-refractivity contribution in [1.82, 2.24) is 19.8 Å². The zero-order valence-corrected chi connectivity index (χ0v) is 13.0. The molecule has 0 radical (unpaired) electrons. The Bertz CT molecular complexity index is 439. The summed E-state index contributed by atoms with van der Waals surface area (Å²) in [6.45, 7) is 4.38.